The summed E-state index contributed by atoms with van der Waals surface area (Å²) < 4.78 is 42.7. The van der Waals surface area contributed by atoms with Gasteiger partial charge in [0, 0.05) is 26.8 Å². The number of methoxy groups -OCH3 is 1. The SMILES string of the molecule is COCCCC1CCCN(C(=O)c2ccc(C(F)(F)F)[nH]c2=O)C1. The van der Waals surface area contributed by atoms with Crippen molar-refractivity contribution < 1.29 is 22.7 Å². The van der Waals surface area contributed by atoms with Crippen LogP contribution in [0.25, 0.3) is 0 Å². The zero-order chi connectivity index (χ0) is 17.7. The van der Waals surface area contributed by atoms with Crippen LogP contribution < -0.4 is 5.56 Å². The molecule has 1 aliphatic heterocycles. The molecule has 1 atom stereocenters. The fourth-order valence-corrected chi connectivity index (χ4v) is 2.98. The first-order valence-electron chi connectivity index (χ1n) is 7.91. The molecule has 1 aliphatic rings. The van der Waals surface area contributed by atoms with Crippen LogP contribution in [0.3, 0.4) is 0 Å². The zero-order valence-electron chi connectivity index (χ0n) is 13.5. The lowest BCUT2D eigenvalue weighted by Gasteiger charge is -2.32. The van der Waals surface area contributed by atoms with Gasteiger partial charge in [-0.05, 0) is 43.7 Å². The molecule has 2 heterocycles. The molecule has 1 aromatic heterocycles. The van der Waals surface area contributed by atoms with Crippen molar-refractivity contribution in [2.24, 2.45) is 5.92 Å². The standard InChI is InChI=1S/C16H21F3N2O3/c1-24-9-3-5-11-4-2-8-21(10-11)15(23)12-6-7-13(16(17,18)19)20-14(12)22/h6-7,11H,2-5,8-10H2,1H3,(H,20,22). The molecule has 0 aliphatic carbocycles. The molecule has 0 spiro atoms. The number of ether oxygens (including phenoxy) is 1. The first-order chi connectivity index (χ1) is 11.3. The summed E-state index contributed by atoms with van der Waals surface area (Å²) in [5, 5.41) is 0. The predicted octanol–water partition coefficient (Wildman–Crippen LogP) is 2.67. The molecule has 8 heteroatoms. The number of carbonyl (C=O) groups excluding carboxylic acids is 1. The number of hydrogen-bond acceptors (Lipinski definition) is 3. The van der Waals surface area contributed by atoms with Crippen molar-refractivity contribution in [3.05, 3.63) is 33.7 Å². The van der Waals surface area contributed by atoms with Crippen LogP contribution in [0.5, 0.6) is 0 Å². The van der Waals surface area contributed by atoms with Gasteiger partial charge < -0.3 is 14.6 Å². The van der Waals surface area contributed by atoms with Crippen molar-refractivity contribution in [2.45, 2.75) is 31.9 Å². The number of aromatic nitrogens is 1. The fraction of sp³-hybridized carbons (Fsp3) is 0.625. The van der Waals surface area contributed by atoms with Gasteiger partial charge in [0.15, 0.2) is 0 Å². The second-order valence-electron chi connectivity index (χ2n) is 6.01. The Hall–Kier alpha value is -1.83. The van der Waals surface area contributed by atoms with E-state index >= 15 is 0 Å². The Kier molecular flexibility index (Phi) is 6.04. The van der Waals surface area contributed by atoms with Crippen LogP contribution in [0.1, 0.15) is 41.7 Å². The van der Waals surface area contributed by atoms with E-state index in [1.54, 1.807) is 17.0 Å². The van der Waals surface area contributed by atoms with E-state index in [4.69, 9.17) is 4.74 Å². The van der Waals surface area contributed by atoms with Gasteiger partial charge in [0.1, 0.15) is 11.3 Å². The minimum Gasteiger partial charge on any atom is -0.385 e. The molecule has 0 aromatic carbocycles. The van der Waals surface area contributed by atoms with Crippen LogP contribution in [-0.4, -0.2) is 42.6 Å². The summed E-state index contributed by atoms with van der Waals surface area (Å²) in [5.74, 6) is -0.187. The molecule has 1 fully saturated rings. The van der Waals surface area contributed by atoms with Crippen molar-refractivity contribution in [3.8, 4) is 0 Å². The van der Waals surface area contributed by atoms with Crippen LogP contribution >= 0.6 is 0 Å². The maximum absolute atomic E-state index is 12.6. The van der Waals surface area contributed by atoms with Gasteiger partial charge in [0.05, 0.1) is 0 Å². The van der Waals surface area contributed by atoms with Gasteiger partial charge in [-0.2, -0.15) is 13.2 Å². The van der Waals surface area contributed by atoms with Gasteiger partial charge in [-0.1, -0.05) is 0 Å². The van der Waals surface area contributed by atoms with Crippen LogP contribution in [0.15, 0.2) is 16.9 Å². The maximum atomic E-state index is 12.6. The van der Waals surface area contributed by atoms with Crippen molar-refractivity contribution in [1.29, 1.82) is 0 Å². The first-order valence-corrected chi connectivity index (χ1v) is 7.91. The van der Waals surface area contributed by atoms with E-state index in [0.29, 0.717) is 25.6 Å². The van der Waals surface area contributed by atoms with Crippen LogP contribution in [0.4, 0.5) is 13.2 Å². The summed E-state index contributed by atoms with van der Waals surface area (Å²) in [6.45, 7) is 1.69. The lowest BCUT2D eigenvalue weighted by atomic mass is 9.93. The molecule has 1 amide bonds. The van der Waals surface area contributed by atoms with Gasteiger partial charge in [0.2, 0.25) is 0 Å². The number of nitrogens with one attached hydrogen (secondary N) is 1. The molecule has 0 bridgehead atoms. The minimum absolute atomic E-state index is 0.249. The van der Waals surface area contributed by atoms with Gasteiger partial charge in [-0.15, -0.1) is 0 Å². The monoisotopic (exact) mass is 346 g/mol. The lowest BCUT2D eigenvalue weighted by Crippen LogP contribution is -2.42. The molecule has 24 heavy (non-hydrogen) atoms. The molecule has 1 saturated heterocycles. The number of alkyl halides is 3. The number of nitrogens with zero attached hydrogens (tertiary/aromatic N) is 1. The van der Waals surface area contributed by atoms with E-state index in [0.717, 1.165) is 37.8 Å². The van der Waals surface area contributed by atoms with E-state index in [1.807, 2.05) is 0 Å². The number of piperidine rings is 1. The number of rotatable bonds is 5. The van der Waals surface area contributed by atoms with Crippen LogP contribution in [0, 0.1) is 5.92 Å². The van der Waals surface area contributed by atoms with E-state index < -0.39 is 23.3 Å². The zero-order valence-corrected chi connectivity index (χ0v) is 13.5. The largest absolute Gasteiger partial charge is 0.431 e. The summed E-state index contributed by atoms with van der Waals surface area (Å²) in [6, 6.07) is 1.69. The third kappa shape index (κ3) is 4.59. The average molecular weight is 346 g/mol. The summed E-state index contributed by atoms with van der Waals surface area (Å²) in [4.78, 5) is 27.6. The fourth-order valence-electron chi connectivity index (χ4n) is 2.98. The Morgan fingerprint density at radius 2 is 2.17 bits per heavy atom. The number of hydrogen-bond donors (Lipinski definition) is 1. The normalized spacial score (nSPS) is 18.7. The number of pyridine rings is 1. The van der Waals surface area contributed by atoms with Gasteiger partial charge in [0.25, 0.3) is 11.5 Å². The van der Waals surface area contributed by atoms with Gasteiger partial charge in [-0.25, -0.2) is 0 Å². The number of amides is 1. The molecule has 1 aromatic rings. The Labute approximate surface area is 137 Å². The smallest absolute Gasteiger partial charge is 0.385 e. The van der Waals surface area contributed by atoms with Crippen LogP contribution in [0.2, 0.25) is 0 Å². The highest BCUT2D eigenvalue weighted by Crippen LogP contribution is 2.27. The minimum atomic E-state index is -4.64. The highest BCUT2D eigenvalue weighted by Gasteiger charge is 2.33. The number of H-pyrrole nitrogens is 1. The molecule has 2 rings (SSSR count). The number of carbonyl (C=O) groups is 1. The number of aromatic amines is 1. The Morgan fingerprint density at radius 1 is 1.42 bits per heavy atom. The second-order valence-corrected chi connectivity index (χ2v) is 6.01. The predicted molar refractivity (Wildman–Crippen MR) is 81.8 cm³/mol. The third-order valence-electron chi connectivity index (χ3n) is 4.21. The molecule has 1 N–H and O–H groups in total. The summed E-state index contributed by atoms with van der Waals surface area (Å²) in [5.41, 5.74) is -2.41. The Morgan fingerprint density at radius 3 is 2.79 bits per heavy atom. The highest BCUT2D eigenvalue weighted by molar-refractivity contribution is 5.93. The van der Waals surface area contributed by atoms with E-state index in [1.165, 1.54) is 0 Å². The summed E-state index contributed by atoms with van der Waals surface area (Å²) in [7, 11) is 1.63. The highest BCUT2D eigenvalue weighted by atomic mass is 19.4. The second kappa shape index (κ2) is 7.83. The van der Waals surface area contributed by atoms with E-state index in [-0.39, 0.29) is 5.56 Å². The molecular weight excluding hydrogens is 325 g/mol. The third-order valence-corrected chi connectivity index (χ3v) is 4.21. The first kappa shape index (κ1) is 18.5. The van der Waals surface area contributed by atoms with E-state index in [9.17, 15) is 22.8 Å². The quantitative estimate of drug-likeness (QED) is 0.834. The molecule has 0 saturated carbocycles. The molecular formula is C16H21F3N2O3. The maximum Gasteiger partial charge on any atom is 0.431 e. The molecule has 5 nitrogen and oxygen atoms in total. The summed E-state index contributed by atoms with van der Waals surface area (Å²) in [6.07, 6.45) is -1.01. The number of likely N-dealkylation sites (tertiary alicyclic amines) is 1. The Bertz CT molecular complexity index is 628. The molecule has 1 unspecified atom stereocenters. The van der Waals surface area contributed by atoms with Crippen molar-refractivity contribution in [2.75, 3.05) is 26.8 Å². The molecule has 134 valence electrons. The van der Waals surface area contributed by atoms with Crippen molar-refractivity contribution >= 4 is 5.91 Å². The molecule has 0 radical (unpaired) electrons. The number of halogens is 3. The van der Waals surface area contributed by atoms with Gasteiger partial charge in [-0.3, -0.25) is 9.59 Å². The van der Waals surface area contributed by atoms with Gasteiger partial charge >= 0.3 is 6.18 Å². The summed E-state index contributed by atoms with van der Waals surface area (Å²) >= 11 is 0. The van der Waals surface area contributed by atoms with Crippen LogP contribution in [-0.2, 0) is 10.9 Å². The van der Waals surface area contributed by atoms with Crippen molar-refractivity contribution in [3.63, 3.8) is 0 Å². The Balaban J connectivity index is 2.07. The van der Waals surface area contributed by atoms with E-state index in [2.05, 4.69) is 0 Å². The average Bonchev–Trinajstić information content (AvgIpc) is 2.54. The topological polar surface area (TPSA) is 62.4 Å². The van der Waals surface area contributed by atoms with Crippen molar-refractivity contribution in [1.82, 2.24) is 9.88 Å². The lowest BCUT2D eigenvalue weighted by molar-refractivity contribution is -0.141.